The Labute approximate surface area is 136 Å². The Bertz CT molecular complexity index is 762. The van der Waals surface area contributed by atoms with Gasteiger partial charge < -0.3 is 5.32 Å². The van der Waals surface area contributed by atoms with Crippen molar-refractivity contribution in [2.24, 2.45) is 0 Å². The molecule has 23 heavy (non-hydrogen) atoms. The van der Waals surface area contributed by atoms with E-state index in [9.17, 15) is 0 Å². The molecule has 4 rings (SSSR count). The van der Waals surface area contributed by atoms with Crippen molar-refractivity contribution in [3.05, 3.63) is 72.3 Å². The van der Waals surface area contributed by atoms with Crippen LogP contribution in [0.1, 0.15) is 17.8 Å². The molecular formula is C19H20N4. The summed E-state index contributed by atoms with van der Waals surface area (Å²) >= 11 is 0. The molecule has 1 aliphatic rings. The summed E-state index contributed by atoms with van der Waals surface area (Å²) < 4.78 is 2.01. The van der Waals surface area contributed by atoms with Crippen molar-refractivity contribution >= 4 is 0 Å². The van der Waals surface area contributed by atoms with Crippen molar-refractivity contribution in [2.45, 2.75) is 32.0 Å². The van der Waals surface area contributed by atoms with E-state index in [1.165, 1.54) is 16.7 Å². The van der Waals surface area contributed by atoms with Gasteiger partial charge >= 0.3 is 0 Å². The van der Waals surface area contributed by atoms with E-state index in [0.717, 1.165) is 31.8 Å². The van der Waals surface area contributed by atoms with Gasteiger partial charge in [0.15, 0.2) is 0 Å². The van der Waals surface area contributed by atoms with Gasteiger partial charge in [-0.1, -0.05) is 54.6 Å². The Balaban J connectivity index is 1.37. The first-order valence-corrected chi connectivity index (χ1v) is 8.13. The van der Waals surface area contributed by atoms with Gasteiger partial charge in [-0.05, 0) is 23.1 Å². The molecule has 4 nitrogen and oxygen atoms in total. The molecule has 3 aromatic rings. The number of benzene rings is 2. The van der Waals surface area contributed by atoms with Gasteiger partial charge in [0.25, 0.3) is 0 Å². The summed E-state index contributed by atoms with van der Waals surface area (Å²) in [6, 6.07) is 19.8. The summed E-state index contributed by atoms with van der Waals surface area (Å²) in [6.07, 6.45) is 3.78. The Hall–Kier alpha value is -2.46. The molecule has 1 N–H and O–H groups in total. The molecule has 0 saturated heterocycles. The minimum absolute atomic E-state index is 0.470. The van der Waals surface area contributed by atoms with Gasteiger partial charge in [-0.15, -0.1) is 0 Å². The Morgan fingerprint density at radius 3 is 2.61 bits per heavy atom. The van der Waals surface area contributed by atoms with Crippen LogP contribution in [0.2, 0.25) is 0 Å². The summed E-state index contributed by atoms with van der Waals surface area (Å²) in [5.74, 6) is 1.11. The minimum Gasteiger partial charge on any atom is -0.308 e. The first-order chi connectivity index (χ1) is 11.4. The van der Waals surface area contributed by atoms with Crippen LogP contribution in [0.15, 0.2) is 60.9 Å². The summed E-state index contributed by atoms with van der Waals surface area (Å²) in [4.78, 5) is 4.27. The molecule has 1 atom stereocenters. The van der Waals surface area contributed by atoms with Gasteiger partial charge in [0, 0.05) is 19.0 Å². The molecule has 116 valence electrons. The molecule has 0 fully saturated rings. The standard InChI is InChI=1S/C19H20N4/c1-2-4-16(5-3-1)17-8-6-15(7-9-17)12-20-18-10-11-19-21-14-22-23(19)13-18/h1-9,14,18,20H,10-13H2/t18-/m0/s1. The molecule has 1 aliphatic heterocycles. The van der Waals surface area contributed by atoms with Gasteiger partial charge in [-0.3, -0.25) is 0 Å². The second-order valence-electron chi connectivity index (χ2n) is 6.04. The Morgan fingerprint density at radius 1 is 1.00 bits per heavy atom. The average molecular weight is 304 g/mol. The van der Waals surface area contributed by atoms with Crippen LogP contribution in [0, 0.1) is 0 Å². The maximum absolute atomic E-state index is 4.27. The van der Waals surface area contributed by atoms with E-state index in [1.54, 1.807) is 6.33 Å². The zero-order valence-corrected chi connectivity index (χ0v) is 13.0. The third-order valence-corrected chi connectivity index (χ3v) is 4.46. The SMILES string of the molecule is c1ccc(-c2ccc(CN[C@H]3CCc4ncnn4C3)cc2)cc1. The summed E-state index contributed by atoms with van der Waals surface area (Å²) in [6.45, 7) is 1.81. The molecule has 0 unspecified atom stereocenters. The fourth-order valence-corrected chi connectivity index (χ4v) is 3.11. The Morgan fingerprint density at radius 2 is 1.78 bits per heavy atom. The molecule has 4 heteroatoms. The highest BCUT2D eigenvalue weighted by Crippen LogP contribution is 2.19. The topological polar surface area (TPSA) is 42.7 Å². The van der Waals surface area contributed by atoms with Crippen LogP contribution in [0.5, 0.6) is 0 Å². The number of rotatable bonds is 4. The molecule has 0 aliphatic carbocycles. The zero-order valence-electron chi connectivity index (χ0n) is 13.0. The predicted octanol–water partition coefficient (Wildman–Crippen LogP) is 3.05. The monoisotopic (exact) mass is 304 g/mol. The lowest BCUT2D eigenvalue weighted by Crippen LogP contribution is -2.37. The van der Waals surface area contributed by atoms with Gasteiger partial charge in [0.1, 0.15) is 12.2 Å². The molecule has 0 bridgehead atoms. The molecule has 0 saturated carbocycles. The number of hydrogen-bond acceptors (Lipinski definition) is 3. The first kappa shape index (κ1) is 14.2. The summed E-state index contributed by atoms with van der Waals surface area (Å²) in [5, 5.41) is 7.91. The normalized spacial score (nSPS) is 17.0. The van der Waals surface area contributed by atoms with Crippen LogP contribution >= 0.6 is 0 Å². The lowest BCUT2D eigenvalue weighted by atomic mass is 10.0. The van der Waals surface area contributed by atoms with Crippen molar-refractivity contribution in [2.75, 3.05) is 0 Å². The van der Waals surface area contributed by atoms with Crippen LogP contribution in [0.25, 0.3) is 11.1 Å². The van der Waals surface area contributed by atoms with Crippen LogP contribution in [0.3, 0.4) is 0 Å². The van der Waals surface area contributed by atoms with Gasteiger partial charge in [-0.25, -0.2) is 9.67 Å². The number of fused-ring (bicyclic) bond motifs is 1. The quantitative estimate of drug-likeness (QED) is 0.805. The number of nitrogens with one attached hydrogen (secondary N) is 1. The van der Waals surface area contributed by atoms with E-state index in [0.29, 0.717) is 6.04 Å². The third-order valence-electron chi connectivity index (χ3n) is 4.46. The van der Waals surface area contributed by atoms with Gasteiger partial charge in [0.2, 0.25) is 0 Å². The van der Waals surface area contributed by atoms with Crippen LogP contribution in [-0.4, -0.2) is 20.8 Å². The highest BCUT2D eigenvalue weighted by Gasteiger charge is 2.18. The second-order valence-corrected chi connectivity index (χ2v) is 6.04. The Kier molecular flexibility index (Phi) is 3.90. The molecule has 2 heterocycles. The van der Waals surface area contributed by atoms with Gasteiger partial charge in [0.05, 0.1) is 6.54 Å². The highest BCUT2D eigenvalue weighted by atomic mass is 15.3. The van der Waals surface area contributed by atoms with E-state index < -0.39 is 0 Å². The van der Waals surface area contributed by atoms with E-state index in [-0.39, 0.29) is 0 Å². The highest BCUT2D eigenvalue weighted by molar-refractivity contribution is 5.63. The van der Waals surface area contributed by atoms with Gasteiger partial charge in [-0.2, -0.15) is 5.10 Å². The molecule has 0 amide bonds. The number of hydrogen-bond donors (Lipinski definition) is 1. The van der Waals surface area contributed by atoms with Crippen molar-refractivity contribution in [3.63, 3.8) is 0 Å². The van der Waals surface area contributed by atoms with Crippen molar-refractivity contribution in [3.8, 4) is 11.1 Å². The van der Waals surface area contributed by atoms with E-state index >= 15 is 0 Å². The van der Waals surface area contributed by atoms with Crippen LogP contribution < -0.4 is 5.32 Å². The maximum atomic E-state index is 4.27. The fourth-order valence-electron chi connectivity index (χ4n) is 3.11. The molecule has 0 spiro atoms. The molecule has 1 aromatic heterocycles. The van der Waals surface area contributed by atoms with Crippen LogP contribution in [-0.2, 0) is 19.5 Å². The summed E-state index contributed by atoms with van der Waals surface area (Å²) in [5.41, 5.74) is 3.84. The van der Waals surface area contributed by atoms with Crippen molar-refractivity contribution in [1.82, 2.24) is 20.1 Å². The van der Waals surface area contributed by atoms with E-state index in [4.69, 9.17) is 0 Å². The summed E-state index contributed by atoms with van der Waals surface area (Å²) in [7, 11) is 0. The van der Waals surface area contributed by atoms with Crippen molar-refractivity contribution < 1.29 is 0 Å². The minimum atomic E-state index is 0.470. The van der Waals surface area contributed by atoms with Crippen LogP contribution in [0.4, 0.5) is 0 Å². The zero-order chi connectivity index (χ0) is 15.5. The molecular weight excluding hydrogens is 284 g/mol. The molecule has 2 aromatic carbocycles. The number of aromatic nitrogens is 3. The lowest BCUT2D eigenvalue weighted by Gasteiger charge is -2.23. The number of aryl methyl sites for hydroxylation is 1. The first-order valence-electron chi connectivity index (χ1n) is 8.13. The largest absolute Gasteiger partial charge is 0.308 e. The average Bonchev–Trinajstić information content (AvgIpc) is 3.09. The van der Waals surface area contributed by atoms with E-state index in [1.807, 2.05) is 10.7 Å². The molecule has 0 radical (unpaired) electrons. The fraction of sp³-hybridized carbons (Fsp3) is 0.263. The lowest BCUT2D eigenvalue weighted by molar-refractivity contribution is 0.358. The second kappa shape index (κ2) is 6.34. The third kappa shape index (κ3) is 3.17. The predicted molar refractivity (Wildman–Crippen MR) is 90.8 cm³/mol. The maximum Gasteiger partial charge on any atom is 0.138 e. The smallest absolute Gasteiger partial charge is 0.138 e. The van der Waals surface area contributed by atoms with E-state index in [2.05, 4.69) is 63.9 Å². The van der Waals surface area contributed by atoms with Crippen molar-refractivity contribution in [1.29, 1.82) is 0 Å². The number of nitrogens with zero attached hydrogens (tertiary/aromatic N) is 3.